The van der Waals surface area contributed by atoms with Crippen LogP contribution in [0.4, 0.5) is 0 Å². The molecule has 1 aliphatic heterocycles. The van der Waals surface area contributed by atoms with Crippen molar-refractivity contribution in [3.63, 3.8) is 0 Å². The lowest BCUT2D eigenvalue weighted by Gasteiger charge is -2.38. The topological polar surface area (TPSA) is 76.3 Å². The van der Waals surface area contributed by atoms with Gasteiger partial charge in [0, 0.05) is 18.8 Å². The fraction of sp³-hybridized carbons (Fsp3) is 0.667. The minimum absolute atomic E-state index is 0.316. The Kier molecular flexibility index (Phi) is 2.30. The van der Waals surface area contributed by atoms with Crippen molar-refractivity contribution >= 4 is 6.21 Å². The molecule has 1 heterocycles. The molecular formula is C9H14N2O3. The molecule has 1 aliphatic carbocycles. The van der Waals surface area contributed by atoms with E-state index in [-0.39, 0.29) is 0 Å². The number of rotatable bonds is 1. The van der Waals surface area contributed by atoms with Crippen LogP contribution in [0.15, 0.2) is 17.3 Å². The van der Waals surface area contributed by atoms with E-state index in [4.69, 9.17) is 0 Å². The van der Waals surface area contributed by atoms with Crippen LogP contribution in [0, 0.1) is 0 Å². The Morgan fingerprint density at radius 1 is 1.43 bits per heavy atom. The highest BCUT2D eigenvalue weighted by Gasteiger charge is 2.49. The van der Waals surface area contributed by atoms with Crippen molar-refractivity contribution in [2.45, 2.75) is 30.8 Å². The van der Waals surface area contributed by atoms with Crippen molar-refractivity contribution < 1.29 is 15.3 Å². The summed E-state index contributed by atoms with van der Waals surface area (Å²) in [6.45, 7) is 0.316. The first-order valence-corrected chi connectivity index (χ1v) is 4.66. The predicted molar refractivity (Wildman–Crippen MR) is 50.5 cm³/mol. The van der Waals surface area contributed by atoms with Crippen LogP contribution in [0.25, 0.3) is 0 Å². The molecule has 1 saturated carbocycles. The first-order valence-electron chi connectivity index (χ1n) is 4.66. The number of aliphatic hydroxyl groups is 3. The van der Waals surface area contributed by atoms with Crippen molar-refractivity contribution in [2.24, 2.45) is 4.99 Å². The molecule has 78 valence electrons. The normalized spacial score (nSPS) is 42.1. The third kappa shape index (κ3) is 1.33. The van der Waals surface area contributed by atoms with Crippen molar-refractivity contribution in [1.82, 2.24) is 4.90 Å². The molecule has 3 N–H and O–H groups in total. The summed E-state index contributed by atoms with van der Waals surface area (Å²) >= 11 is 0. The van der Waals surface area contributed by atoms with Gasteiger partial charge in [-0.1, -0.05) is 0 Å². The van der Waals surface area contributed by atoms with Gasteiger partial charge in [0.05, 0.1) is 6.10 Å². The third-order valence-electron chi connectivity index (χ3n) is 2.84. The summed E-state index contributed by atoms with van der Waals surface area (Å²) in [5.41, 5.74) is -1.37. The van der Waals surface area contributed by atoms with E-state index in [1.54, 1.807) is 23.4 Å². The number of nitrogens with zero attached hydrogens (tertiary/aromatic N) is 2. The van der Waals surface area contributed by atoms with E-state index >= 15 is 0 Å². The number of aliphatic hydroxyl groups excluding tert-OH is 2. The highest BCUT2D eigenvalue weighted by molar-refractivity contribution is 5.71. The fourth-order valence-electron chi connectivity index (χ4n) is 1.92. The summed E-state index contributed by atoms with van der Waals surface area (Å²) in [6.07, 6.45) is 3.80. The number of allylic oxidation sites excluding steroid dienone is 1. The van der Waals surface area contributed by atoms with E-state index in [1.165, 1.54) is 0 Å². The minimum Gasteiger partial charge on any atom is -0.390 e. The largest absolute Gasteiger partial charge is 0.390 e. The van der Waals surface area contributed by atoms with E-state index in [2.05, 4.69) is 4.99 Å². The summed E-state index contributed by atoms with van der Waals surface area (Å²) in [5.74, 6) is 0. The lowest BCUT2D eigenvalue weighted by Crippen LogP contribution is -2.54. The molecule has 2 aliphatic rings. The molecular weight excluding hydrogens is 184 g/mol. The Hall–Kier alpha value is -0.910. The summed E-state index contributed by atoms with van der Waals surface area (Å²) in [5, 5.41) is 29.2. The first-order chi connectivity index (χ1) is 6.64. The average Bonchev–Trinajstić information content (AvgIpc) is 2.49. The quantitative estimate of drug-likeness (QED) is 0.507. The van der Waals surface area contributed by atoms with Crippen LogP contribution in [-0.2, 0) is 0 Å². The van der Waals surface area contributed by atoms with Crippen LogP contribution in [0.3, 0.4) is 0 Å². The highest BCUT2D eigenvalue weighted by Crippen LogP contribution is 2.34. The zero-order chi connectivity index (χ0) is 10.2. The van der Waals surface area contributed by atoms with Gasteiger partial charge >= 0.3 is 0 Å². The monoisotopic (exact) mass is 198 g/mol. The van der Waals surface area contributed by atoms with Gasteiger partial charge in [-0.2, -0.15) is 0 Å². The second-order valence-corrected chi connectivity index (χ2v) is 3.71. The molecule has 0 spiro atoms. The standard InChI is InChI=1S/C9H14N2O3/c12-7-2-3-9(14,8(7)13)11-5-1-4-10-6-11/h1,4-5,7-8,12-14H,2-3,6H2. The zero-order valence-electron chi connectivity index (χ0n) is 7.74. The van der Waals surface area contributed by atoms with Crippen LogP contribution in [0.2, 0.25) is 0 Å². The molecule has 5 nitrogen and oxygen atoms in total. The molecule has 0 aromatic heterocycles. The minimum atomic E-state index is -1.37. The second kappa shape index (κ2) is 3.34. The van der Waals surface area contributed by atoms with Gasteiger partial charge in [-0.25, -0.2) is 0 Å². The van der Waals surface area contributed by atoms with Crippen LogP contribution in [0.1, 0.15) is 12.8 Å². The molecule has 14 heavy (non-hydrogen) atoms. The fourth-order valence-corrected chi connectivity index (χ4v) is 1.92. The molecule has 0 radical (unpaired) electrons. The Labute approximate surface area is 82.0 Å². The zero-order valence-corrected chi connectivity index (χ0v) is 7.74. The molecule has 0 bridgehead atoms. The summed E-state index contributed by atoms with van der Waals surface area (Å²) in [7, 11) is 0. The van der Waals surface area contributed by atoms with Crippen LogP contribution >= 0.6 is 0 Å². The summed E-state index contributed by atoms with van der Waals surface area (Å²) in [4.78, 5) is 5.52. The molecule has 5 heteroatoms. The highest BCUT2D eigenvalue weighted by atomic mass is 16.4. The van der Waals surface area contributed by atoms with Crippen molar-refractivity contribution in [2.75, 3.05) is 6.67 Å². The smallest absolute Gasteiger partial charge is 0.167 e. The molecule has 0 aromatic rings. The lowest BCUT2D eigenvalue weighted by molar-refractivity contribution is -0.161. The van der Waals surface area contributed by atoms with Crippen molar-refractivity contribution in [3.05, 3.63) is 12.3 Å². The van der Waals surface area contributed by atoms with Gasteiger partial charge in [-0.3, -0.25) is 4.99 Å². The van der Waals surface area contributed by atoms with Crippen LogP contribution < -0.4 is 0 Å². The maximum absolute atomic E-state index is 10.1. The van der Waals surface area contributed by atoms with E-state index in [1.807, 2.05) is 0 Å². The Morgan fingerprint density at radius 3 is 2.71 bits per heavy atom. The summed E-state index contributed by atoms with van der Waals surface area (Å²) in [6, 6.07) is 0. The third-order valence-corrected chi connectivity index (χ3v) is 2.84. The SMILES string of the molecule is OC1CCC(O)(N2C=CC=NC2)C1O. The molecule has 3 atom stereocenters. The van der Waals surface area contributed by atoms with Gasteiger partial charge in [-0.05, 0) is 12.5 Å². The predicted octanol–water partition coefficient (Wildman–Crippen LogP) is -0.952. The second-order valence-electron chi connectivity index (χ2n) is 3.71. The Bertz CT molecular complexity index is 279. The van der Waals surface area contributed by atoms with Gasteiger partial charge in [0.1, 0.15) is 12.8 Å². The number of hydrogen-bond acceptors (Lipinski definition) is 5. The maximum atomic E-state index is 10.1. The molecule has 0 saturated heterocycles. The number of aliphatic imine (C=N–C) groups is 1. The molecule has 1 fully saturated rings. The van der Waals surface area contributed by atoms with E-state index in [9.17, 15) is 15.3 Å². The lowest BCUT2D eigenvalue weighted by atomic mass is 10.1. The molecule has 3 unspecified atom stereocenters. The van der Waals surface area contributed by atoms with Crippen LogP contribution in [-0.4, -0.2) is 51.0 Å². The maximum Gasteiger partial charge on any atom is 0.167 e. The van der Waals surface area contributed by atoms with Gasteiger partial charge in [0.2, 0.25) is 0 Å². The average molecular weight is 198 g/mol. The Balaban J connectivity index is 2.16. The van der Waals surface area contributed by atoms with E-state index < -0.39 is 17.9 Å². The van der Waals surface area contributed by atoms with Gasteiger partial charge in [0.15, 0.2) is 5.72 Å². The number of hydrogen-bond donors (Lipinski definition) is 3. The van der Waals surface area contributed by atoms with E-state index in [0.29, 0.717) is 19.5 Å². The van der Waals surface area contributed by atoms with Crippen LogP contribution in [0.5, 0.6) is 0 Å². The first kappa shape index (κ1) is 9.64. The van der Waals surface area contributed by atoms with Gasteiger partial charge in [-0.15, -0.1) is 0 Å². The van der Waals surface area contributed by atoms with Crippen molar-refractivity contribution in [1.29, 1.82) is 0 Å². The van der Waals surface area contributed by atoms with E-state index in [0.717, 1.165) is 0 Å². The van der Waals surface area contributed by atoms with Crippen molar-refractivity contribution in [3.8, 4) is 0 Å². The summed E-state index contributed by atoms with van der Waals surface area (Å²) < 4.78 is 0. The van der Waals surface area contributed by atoms with Gasteiger partial charge < -0.3 is 20.2 Å². The molecule has 0 amide bonds. The van der Waals surface area contributed by atoms with Gasteiger partial charge in [0.25, 0.3) is 0 Å². The molecule has 2 rings (SSSR count). The molecule has 0 aromatic carbocycles. The Morgan fingerprint density at radius 2 is 2.21 bits per heavy atom.